The molecule has 0 radical (unpaired) electrons. The number of ether oxygens (including phenoxy) is 1. The SMILES string of the molecule is N#Cc1ccc(O[C@H]2CC[C@H](N3Cc4cc(N5CCC(CN6CCc7cc8c(cc7C6)C(=O)N(C6CCC(=O)NC6=O)C8=O)CC5)ccc4C3=O)CC2)cc1Cl. The zero-order valence-electron chi connectivity index (χ0n) is 31.1. The van der Waals surface area contributed by atoms with Crippen LogP contribution in [0.15, 0.2) is 48.5 Å². The van der Waals surface area contributed by atoms with Crippen LogP contribution in [0.1, 0.15) is 105 Å². The summed E-state index contributed by atoms with van der Waals surface area (Å²) >= 11 is 6.20. The van der Waals surface area contributed by atoms with E-state index in [4.69, 9.17) is 21.6 Å². The summed E-state index contributed by atoms with van der Waals surface area (Å²) in [5.74, 6) is -0.584. The van der Waals surface area contributed by atoms with E-state index in [1.54, 1.807) is 18.2 Å². The van der Waals surface area contributed by atoms with Gasteiger partial charge in [0.05, 0.1) is 27.8 Å². The summed E-state index contributed by atoms with van der Waals surface area (Å²) in [5.41, 5.74) is 6.32. The largest absolute Gasteiger partial charge is 0.490 e. The molecule has 1 N–H and O–H groups in total. The molecule has 3 aromatic rings. The number of carbonyl (C=O) groups is 5. The summed E-state index contributed by atoms with van der Waals surface area (Å²) in [6.07, 6.45) is 6.64. The van der Waals surface area contributed by atoms with Gasteiger partial charge in [-0.25, -0.2) is 0 Å². The quantitative estimate of drug-likeness (QED) is 0.319. The number of halogens is 1. The molecule has 9 rings (SSSR count). The highest BCUT2D eigenvalue weighted by Gasteiger charge is 2.45. The van der Waals surface area contributed by atoms with Gasteiger partial charge in [0.15, 0.2) is 0 Å². The molecular formula is C43H43ClN6O6. The lowest BCUT2D eigenvalue weighted by atomic mass is 9.91. The van der Waals surface area contributed by atoms with E-state index in [2.05, 4.69) is 33.3 Å². The zero-order chi connectivity index (χ0) is 38.7. The Morgan fingerprint density at radius 2 is 1.50 bits per heavy atom. The fourth-order valence-electron chi connectivity index (χ4n) is 9.63. The van der Waals surface area contributed by atoms with E-state index in [1.807, 2.05) is 23.1 Å². The molecule has 5 heterocycles. The molecule has 1 aliphatic carbocycles. The summed E-state index contributed by atoms with van der Waals surface area (Å²) in [6, 6.07) is 16.5. The number of imide groups is 2. The summed E-state index contributed by atoms with van der Waals surface area (Å²) in [5, 5.41) is 11.8. The molecule has 0 aromatic heterocycles. The standard InChI is InChI=1S/C43H43ClN6O6/c44-37-20-33(5-1-27(37)21-45)56-32-6-2-30(3-7-32)49-24-29-17-31(4-8-34(29)41(49)53)48-15-11-25(12-16-48)22-47-14-13-26-18-35-36(19-28(26)23-47)43(55)50(42(35)54)38-9-10-39(51)46-40(38)52/h1,4-5,8,17-20,25,30,32,38H,2-3,6-7,9-16,22-24H2,(H,46,51,52)/t30-,32-,38?. The number of benzene rings is 3. The Bertz CT molecular complexity index is 2200. The molecular weight excluding hydrogens is 732 g/mol. The van der Waals surface area contributed by atoms with Crippen LogP contribution in [0.2, 0.25) is 5.02 Å². The smallest absolute Gasteiger partial charge is 0.262 e. The lowest BCUT2D eigenvalue weighted by molar-refractivity contribution is -0.136. The molecule has 2 saturated heterocycles. The van der Waals surface area contributed by atoms with E-state index < -0.39 is 23.8 Å². The molecule has 0 spiro atoms. The van der Waals surface area contributed by atoms with Crippen molar-refractivity contribution < 1.29 is 28.7 Å². The number of nitrogens with zero attached hydrogens (tertiary/aromatic N) is 5. The third-order valence-corrected chi connectivity index (χ3v) is 13.0. The fraction of sp³-hybridized carbons (Fsp3) is 0.442. The number of nitriles is 1. The van der Waals surface area contributed by atoms with Crippen molar-refractivity contribution in [3.05, 3.63) is 92.5 Å². The molecule has 288 valence electrons. The van der Waals surface area contributed by atoms with Crippen molar-refractivity contribution in [2.45, 2.75) is 89.1 Å². The summed E-state index contributed by atoms with van der Waals surface area (Å²) < 4.78 is 6.18. The maximum absolute atomic E-state index is 13.5. The number of hydrogen-bond acceptors (Lipinski definition) is 9. The van der Waals surface area contributed by atoms with Crippen molar-refractivity contribution in [2.24, 2.45) is 5.92 Å². The Balaban J connectivity index is 0.766. The second-order valence-corrected chi connectivity index (χ2v) is 16.5. The van der Waals surface area contributed by atoms with Crippen molar-refractivity contribution in [3.8, 4) is 11.8 Å². The molecule has 5 aliphatic heterocycles. The number of nitrogens with one attached hydrogen (secondary N) is 1. The van der Waals surface area contributed by atoms with Gasteiger partial charge in [-0.15, -0.1) is 0 Å². The Labute approximate surface area is 330 Å². The lowest BCUT2D eigenvalue weighted by Crippen LogP contribution is -2.54. The van der Waals surface area contributed by atoms with Crippen LogP contribution in [0.3, 0.4) is 0 Å². The van der Waals surface area contributed by atoms with Crippen LogP contribution in [-0.4, -0.2) is 88.6 Å². The van der Waals surface area contributed by atoms with E-state index in [-0.39, 0.29) is 36.8 Å². The Kier molecular flexibility index (Phi) is 9.54. The number of carbonyl (C=O) groups excluding carboxylic acids is 5. The number of hydrogen-bond donors (Lipinski definition) is 1. The van der Waals surface area contributed by atoms with Gasteiger partial charge in [-0.2, -0.15) is 5.26 Å². The predicted octanol–water partition coefficient (Wildman–Crippen LogP) is 5.23. The molecule has 1 atom stereocenters. The van der Waals surface area contributed by atoms with E-state index in [9.17, 15) is 24.0 Å². The summed E-state index contributed by atoms with van der Waals surface area (Å²) in [6.45, 7) is 5.07. The maximum atomic E-state index is 13.5. The van der Waals surface area contributed by atoms with Gasteiger partial charge in [-0.1, -0.05) is 11.6 Å². The molecule has 0 bridgehead atoms. The minimum Gasteiger partial charge on any atom is -0.490 e. The summed E-state index contributed by atoms with van der Waals surface area (Å²) in [7, 11) is 0. The second-order valence-electron chi connectivity index (χ2n) is 16.1. The van der Waals surface area contributed by atoms with Gasteiger partial charge in [0.25, 0.3) is 17.7 Å². The van der Waals surface area contributed by atoms with E-state index >= 15 is 0 Å². The first-order chi connectivity index (χ1) is 27.1. The van der Waals surface area contributed by atoms with Gasteiger partial charge in [-0.05, 0) is 116 Å². The van der Waals surface area contributed by atoms with Crippen molar-refractivity contribution in [1.82, 2.24) is 20.0 Å². The number of anilines is 1. The molecule has 13 heteroatoms. The second kappa shape index (κ2) is 14.7. The highest BCUT2D eigenvalue weighted by molar-refractivity contribution is 6.31. The monoisotopic (exact) mass is 774 g/mol. The highest BCUT2D eigenvalue weighted by atomic mass is 35.5. The Hall–Kier alpha value is -5.25. The fourth-order valence-corrected chi connectivity index (χ4v) is 9.84. The maximum Gasteiger partial charge on any atom is 0.262 e. The number of piperidine rings is 2. The van der Waals surface area contributed by atoms with Gasteiger partial charge in [0.1, 0.15) is 17.9 Å². The number of rotatable bonds is 7. The van der Waals surface area contributed by atoms with Crippen LogP contribution in [0.4, 0.5) is 5.69 Å². The van der Waals surface area contributed by atoms with Crippen LogP contribution in [-0.2, 0) is 29.1 Å². The average molecular weight is 775 g/mol. The van der Waals surface area contributed by atoms with E-state index in [1.165, 1.54) is 5.69 Å². The molecule has 56 heavy (non-hydrogen) atoms. The third kappa shape index (κ3) is 6.71. The van der Waals surface area contributed by atoms with Crippen LogP contribution < -0.4 is 15.0 Å². The minimum atomic E-state index is -0.964. The van der Waals surface area contributed by atoms with Gasteiger partial charge in [0, 0.05) is 69.0 Å². The molecule has 1 unspecified atom stereocenters. The molecule has 3 fully saturated rings. The predicted molar refractivity (Wildman–Crippen MR) is 206 cm³/mol. The van der Waals surface area contributed by atoms with Gasteiger partial charge < -0.3 is 14.5 Å². The Morgan fingerprint density at radius 1 is 0.750 bits per heavy atom. The number of amides is 5. The minimum absolute atomic E-state index is 0.0498. The first kappa shape index (κ1) is 36.4. The molecule has 12 nitrogen and oxygen atoms in total. The Morgan fingerprint density at radius 3 is 2.21 bits per heavy atom. The molecule has 1 saturated carbocycles. The lowest BCUT2D eigenvalue weighted by Gasteiger charge is -2.37. The van der Waals surface area contributed by atoms with Crippen LogP contribution in [0, 0.1) is 17.2 Å². The van der Waals surface area contributed by atoms with E-state index in [0.29, 0.717) is 46.5 Å². The molecule has 3 aromatic carbocycles. The van der Waals surface area contributed by atoms with Crippen molar-refractivity contribution in [1.29, 1.82) is 5.26 Å². The highest BCUT2D eigenvalue weighted by Crippen LogP contribution is 2.37. The number of fused-ring (bicyclic) bond motifs is 3. The van der Waals surface area contributed by atoms with Gasteiger partial charge >= 0.3 is 0 Å². The van der Waals surface area contributed by atoms with E-state index in [0.717, 1.165) is 98.3 Å². The zero-order valence-corrected chi connectivity index (χ0v) is 31.9. The van der Waals surface area contributed by atoms with Gasteiger partial charge in [0.2, 0.25) is 11.8 Å². The van der Waals surface area contributed by atoms with Crippen molar-refractivity contribution in [2.75, 3.05) is 31.1 Å². The first-order valence-electron chi connectivity index (χ1n) is 19.8. The van der Waals surface area contributed by atoms with Crippen LogP contribution in [0.25, 0.3) is 0 Å². The van der Waals surface area contributed by atoms with Crippen LogP contribution >= 0.6 is 11.6 Å². The third-order valence-electron chi connectivity index (χ3n) is 12.7. The van der Waals surface area contributed by atoms with Crippen molar-refractivity contribution in [3.63, 3.8) is 0 Å². The summed E-state index contributed by atoms with van der Waals surface area (Å²) in [4.78, 5) is 72.4. The van der Waals surface area contributed by atoms with Crippen molar-refractivity contribution >= 4 is 46.8 Å². The molecule has 5 amide bonds. The normalized spacial score (nSPS) is 24.2. The van der Waals surface area contributed by atoms with Gasteiger partial charge in [-0.3, -0.25) is 39.1 Å². The first-order valence-corrected chi connectivity index (χ1v) is 20.2. The topological polar surface area (TPSA) is 143 Å². The average Bonchev–Trinajstić information content (AvgIpc) is 3.65. The molecule has 6 aliphatic rings. The van der Waals surface area contributed by atoms with Crippen LogP contribution in [0.5, 0.6) is 5.75 Å².